The summed E-state index contributed by atoms with van der Waals surface area (Å²) >= 11 is 0. The Morgan fingerprint density at radius 2 is 1.49 bits per heavy atom. The van der Waals surface area contributed by atoms with Gasteiger partial charge >= 0.3 is 0 Å². The smallest absolute Gasteiger partial charge is 0.256 e. The number of amides is 3. The molecule has 0 saturated carbocycles. The van der Waals surface area contributed by atoms with Gasteiger partial charge < -0.3 is 14.7 Å². The third-order valence-corrected chi connectivity index (χ3v) is 7.94. The normalized spacial score (nSPS) is 16.5. The van der Waals surface area contributed by atoms with E-state index in [1.807, 2.05) is 4.90 Å². The second-order valence-corrected chi connectivity index (χ2v) is 11.5. The molecule has 1 aromatic heterocycles. The number of piperidine rings is 1. The Labute approximate surface area is 217 Å². The van der Waals surface area contributed by atoms with Gasteiger partial charge in [0.15, 0.2) is 9.84 Å². The number of rotatable bonds is 5. The highest BCUT2D eigenvalue weighted by Gasteiger charge is 2.28. The summed E-state index contributed by atoms with van der Waals surface area (Å²) in [7, 11) is -3.45. The lowest BCUT2D eigenvalue weighted by molar-refractivity contribution is -0.124. The van der Waals surface area contributed by atoms with E-state index in [9.17, 15) is 22.8 Å². The summed E-state index contributed by atoms with van der Waals surface area (Å²) in [6.07, 6.45) is 5.89. The maximum atomic E-state index is 13.6. The van der Waals surface area contributed by atoms with Gasteiger partial charge in [-0.3, -0.25) is 14.4 Å². The van der Waals surface area contributed by atoms with Gasteiger partial charge in [-0.1, -0.05) is 0 Å². The first-order chi connectivity index (χ1) is 17.6. The minimum Gasteiger partial charge on any atom is -0.371 e. The number of imide groups is 1. The van der Waals surface area contributed by atoms with Gasteiger partial charge in [0.25, 0.3) is 5.91 Å². The number of carbonyl (C=O) groups is 3. The number of anilines is 3. The Bertz CT molecular complexity index is 1270. The van der Waals surface area contributed by atoms with Crippen LogP contribution in [0.5, 0.6) is 0 Å². The molecule has 3 heterocycles. The lowest BCUT2D eigenvalue weighted by Crippen LogP contribution is -2.49. The van der Waals surface area contributed by atoms with Gasteiger partial charge in [0.1, 0.15) is 5.82 Å². The van der Waals surface area contributed by atoms with Crippen molar-refractivity contribution in [2.24, 2.45) is 0 Å². The van der Waals surface area contributed by atoms with E-state index < -0.39 is 9.84 Å². The molecule has 11 heteroatoms. The van der Waals surface area contributed by atoms with Gasteiger partial charge in [0.05, 0.1) is 22.3 Å². The van der Waals surface area contributed by atoms with Crippen LogP contribution in [0.4, 0.5) is 17.2 Å². The average molecular weight is 528 g/mol. The molecule has 0 bridgehead atoms. The first-order valence-electron chi connectivity index (χ1n) is 12.5. The van der Waals surface area contributed by atoms with Crippen LogP contribution in [-0.4, -0.2) is 81.5 Å². The highest BCUT2D eigenvalue weighted by Crippen LogP contribution is 2.29. The Hall–Kier alpha value is -3.47. The quantitative estimate of drug-likeness (QED) is 0.583. The van der Waals surface area contributed by atoms with Crippen LogP contribution in [0.15, 0.2) is 41.4 Å². The molecule has 0 spiro atoms. The topological polar surface area (TPSA) is 111 Å². The molecule has 0 N–H and O–H groups in total. The molecule has 10 nitrogen and oxygen atoms in total. The van der Waals surface area contributed by atoms with Crippen molar-refractivity contribution in [2.45, 2.75) is 38.0 Å². The number of piperazine rings is 1. The summed E-state index contributed by atoms with van der Waals surface area (Å²) in [5.41, 5.74) is 1.63. The van der Waals surface area contributed by atoms with Gasteiger partial charge in [0.2, 0.25) is 11.8 Å². The van der Waals surface area contributed by atoms with Crippen molar-refractivity contribution in [1.82, 2.24) is 9.88 Å². The zero-order chi connectivity index (χ0) is 26.7. The Balaban J connectivity index is 1.50. The maximum Gasteiger partial charge on any atom is 0.256 e. The highest BCUT2D eigenvalue weighted by molar-refractivity contribution is 7.90. The minimum atomic E-state index is -3.45. The van der Waals surface area contributed by atoms with Crippen LogP contribution in [0.25, 0.3) is 0 Å². The minimum absolute atomic E-state index is 0.143. The zero-order valence-corrected chi connectivity index (χ0v) is 22.3. The van der Waals surface area contributed by atoms with Crippen LogP contribution in [0, 0.1) is 0 Å². The fourth-order valence-electron chi connectivity index (χ4n) is 4.92. The van der Waals surface area contributed by atoms with Crippen LogP contribution >= 0.6 is 0 Å². The number of hydrogen-bond acceptors (Lipinski definition) is 8. The molecule has 2 saturated heterocycles. The van der Waals surface area contributed by atoms with E-state index in [1.165, 1.54) is 26.1 Å². The van der Waals surface area contributed by atoms with E-state index in [4.69, 9.17) is 0 Å². The summed E-state index contributed by atoms with van der Waals surface area (Å²) in [5, 5.41) is 0. The summed E-state index contributed by atoms with van der Waals surface area (Å²) < 4.78 is 24.4. The van der Waals surface area contributed by atoms with Crippen LogP contribution in [0.3, 0.4) is 0 Å². The van der Waals surface area contributed by atoms with Crippen molar-refractivity contribution in [1.29, 1.82) is 0 Å². The molecule has 2 aliphatic heterocycles. The van der Waals surface area contributed by atoms with Crippen molar-refractivity contribution < 1.29 is 22.8 Å². The van der Waals surface area contributed by atoms with Crippen molar-refractivity contribution in [2.75, 3.05) is 60.2 Å². The molecule has 37 heavy (non-hydrogen) atoms. The molecule has 0 radical (unpaired) electrons. The number of nitrogens with zero attached hydrogens (tertiary/aromatic N) is 5. The molecule has 2 aromatic rings. The molecule has 2 fully saturated rings. The standard InChI is InChI=1S/C26H33N5O5S/c1-19(32)31(20(2)33)21-7-10-25(27-18-21)29-13-15-30(16-14-29)26(34)23-17-22(37(3,35)36)8-9-24(23)28-11-5-4-6-12-28/h7-10,17-18H,4-6,11-16H2,1-3H3. The molecule has 0 aliphatic carbocycles. The van der Waals surface area contributed by atoms with E-state index in [-0.39, 0.29) is 22.6 Å². The SMILES string of the molecule is CC(=O)N(C(C)=O)c1ccc(N2CCN(C(=O)c3cc(S(C)(=O)=O)ccc3N3CCCCC3)CC2)nc1. The van der Waals surface area contributed by atoms with E-state index in [0.717, 1.165) is 49.2 Å². The van der Waals surface area contributed by atoms with Crippen molar-refractivity contribution in [3.05, 3.63) is 42.1 Å². The van der Waals surface area contributed by atoms with E-state index in [1.54, 1.807) is 29.2 Å². The molecule has 1 aromatic carbocycles. The third kappa shape index (κ3) is 5.93. The average Bonchev–Trinajstić information content (AvgIpc) is 2.88. The van der Waals surface area contributed by atoms with Gasteiger partial charge in [0, 0.05) is 65.1 Å². The summed E-state index contributed by atoms with van der Waals surface area (Å²) in [6.45, 7) is 6.35. The molecule has 2 aliphatic rings. The molecule has 198 valence electrons. The first kappa shape index (κ1) is 26.6. The number of hydrogen-bond donors (Lipinski definition) is 0. The van der Waals surface area contributed by atoms with Crippen LogP contribution < -0.4 is 14.7 Å². The van der Waals surface area contributed by atoms with Crippen LogP contribution in [0.1, 0.15) is 43.5 Å². The largest absolute Gasteiger partial charge is 0.371 e. The predicted octanol–water partition coefficient (Wildman–Crippen LogP) is 2.34. The van der Waals surface area contributed by atoms with Crippen LogP contribution in [-0.2, 0) is 19.4 Å². The van der Waals surface area contributed by atoms with Gasteiger partial charge in [-0.2, -0.15) is 0 Å². The highest BCUT2D eigenvalue weighted by atomic mass is 32.2. The van der Waals surface area contributed by atoms with Crippen LogP contribution in [0.2, 0.25) is 0 Å². The predicted molar refractivity (Wildman–Crippen MR) is 142 cm³/mol. The van der Waals surface area contributed by atoms with E-state index in [2.05, 4.69) is 9.88 Å². The van der Waals surface area contributed by atoms with Gasteiger partial charge in [-0.15, -0.1) is 0 Å². The summed E-state index contributed by atoms with van der Waals surface area (Å²) in [6, 6.07) is 8.31. The van der Waals surface area contributed by atoms with Crippen molar-refractivity contribution in [3.63, 3.8) is 0 Å². The molecule has 0 unspecified atom stereocenters. The second kappa shape index (κ2) is 10.9. The van der Waals surface area contributed by atoms with E-state index in [0.29, 0.717) is 43.2 Å². The lowest BCUT2D eigenvalue weighted by Gasteiger charge is -2.37. The summed E-state index contributed by atoms with van der Waals surface area (Å²) in [4.78, 5) is 48.8. The monoisotopic (exact) mass is 527 g/mol. The lowest BCUT2D eigenvalue weighted by atomic mass is 10.1. The van der Waals surface area contributed by atoms with Crippen molar-refractivity contribution in [3.8, 4) is 0 Å². The fourth-order valence-corrected chi connectivity index (χ4v) is 5.57. The number of carbonyl (C=O) groups excluding carboxylic acids is 3. The Kier molecular flexibility index (Phi) is 7.82. The first-order valence-corrected chi connectivity index (χ1v) is 14.4. The molecule has 0 atom stereocenters. The molecular formula is C26H33N5O5S. The van der Waals surface area contributed by atoms with E-state index >= 15 is 0 Å². The third-order valence-electron chi connectivity index (χ3n) is 6.83. The second-order valence-electron chi connectivity index (χ2n) is 9.53. The summed E-state index contributed by atoms with van der Waals surface area (Å²) in [5.74, 6) is -0.236. The molecule has 4 rings (SSSR count). The van der Waals surface area contributed by atoms with Gasteiger partial charge in [-0.25, -0.2) is 18.3 Å². The van der Waals surface area contributed by atoms with Gasteiger partial charge in [-0.05, 0) is 49.6 Å². The molecule has 3 amide bonds. The maximum absolute atomic E-state index is 13.6. The number of pyridine rings is 1. The number of sulfone groups is 1. The molecular weight excluding hydrogens is 494 g/mol. The number of aromatic nitrogens is 1. The zero-order valence-electron chi connectivity index (χ0n) is 21.5. The number of benzene rings is 1. The Morgan fingerprint density at radius 3 is 2.03 bits per heavy atom. The Morgan fingerprint density at radius 1 is 0.838 bits per heavy atom. The van der Waals surface area contributed by atoms with Crippen molar-refractivity contribution >= 4 is 44.8 Å². The fraction of sp³-hybridized carbons (Fsp3) is 0.462.